The number of carboxylic acids is 1. The van der Waals surface area contributed by atoms with Crippen molar-refractivity contribution in [2.24, 2.45) is 0 Å². The van der Waals surface area contributed by atoms with Gasteiger partial charge in [0.05, 0.1) is 23.8 Å². The van der Waals surface area contributed by atoms with Crippen LogP contribution in [0.15, 0.2) is 60.9 Å². The summed E-state index contributed by atoms with van der Waals surface area (Å²) in [4.78, 5) is 23.3. The van der Waals surface area contributed by atoms with Crippen molar-refractivity contribution >= 4 is 23.3 Å². The van der Waals surface area contributed by atoms with Gasteiger partial charge >= 0.3 is 5.97 Å². The van der Waals surface area contributed by atoms with Crippen LogP contribution in [0.1, 0.15) is 5.56 Å². The molecule has 1 fully saturated rings. The molecule has 0 saturated carbocycles. The standard InChI is InChI=1S/C19H18ClN5O4/c20-15-6-7-16(23-9-8-21-22-23)17(11-15)24-12-29-25(13-28-24)18(19(26)27)10-14-4-2-1-3-5-14/h1-9,11,18H,10,12-13H2,(H,26,27). The quantitative estimate of drug-likeness (QED) is 0.656. The molecule has 1 saturated heterocycles. The Bertz CT molecular complexity index is 962. The maximum atomic E-state index is 11.8. The average Bonchev–Trinajstić information content (AvgIpc) is 3.27. The van der Waals surface area contributed by atoms with E-state index in [1.807, 2.05) is 30.3 Å². The fraction of sp³-hybridized carbons (Fsp3) is 0.211. The highest BCUT2D eigenvalue weighted by Crippen LogP contribution is 2.29. The van der Waals surface area contributed by atoms with Crippen LogP contribution in [0.25, 0.3) is 5.69 Å². The van der Waals surface area contributed by atoms with Gasteiger partial charge in [0, 0.05) is 11.4 Å². The molecule has 9 nitrogen and oxygen atoms in total. The molecule has 0 bridgehead atoms. The summed E-state index contributed by atoms with van der Waals surface area (Å²) in [5.74, 6) is -0.989. The highest BCUT2D eigenvalue weighted by atomic mass is 35.5. The lowest BCUT2D eigenvalue weighted by Gasteiger charge is -2.37. The summed E-state index contributed by atoms with van der Waals surface area (Å²) in [5.41, 5.74) is 2.22. The van der Waals surface area contributed by atoms with Crippen LogP contribution >= 0.6 is 11.6 Å². The third-order valence-electron chi connectivity index (χ3n) is 4.46. The molecule has 3 aromatic rings. The number of carbonyl (C=O) groups is 1. The molecule has 1 atom stereocenters. The number of halogens is 1. The first kappa shape index (κ1) is 19.3. The maximum Gasteiger partial charge on any atom is 0.323 e. The molecule has 4 rings (SSSR count). The number of hydrogen-bond acceptors (Lipinski definition) is 7. The van der Waals surface area contributed by atoms with Crippen LogP contribution in [0.4, 0.5) is 5.69 Å². The van der Waals surface area contributed by atoms with E-state index in [-0.39, 0.29) is 13.5 Å². The third kappa shape index (κ3) is 4.38. The van der Waals surface area contributed by atoms with Crippen molar-refractivity contribution in [3.8, 4) is 5.69 Å². The largest absolute Gasteiger partial charge is 0.480 e. The Morgan fingerprint density at radius 3 is 2.62 bits per heavy atom. The molecular formula is C19H18ClN5O4. The molecule has 0 spiro atoms. The van der Waals surface area contributed by atoms with Crippen LogP contribution in [0.2, 0.25) is 5.02 Å². The highest BCUT2D eigenvalue weighted by Gasteiger charge is 2.32. The van der Waals surface area contributed by atoms with Crippen LogP contribution in [0, 0.1) is 0 Å². The van der Waals surface area contributed by atoms with Gasteiger partial charge in [0.25, 0.3) is 0 Å². The predicted molar refractivity (Wildman–Crippen MR) is 104 cm³/mol. The van der Waals surface area contributed by atoms with E-state index in [1.54, 1.807) is 35.3 Å². The number of carboxylic acid groups (broad SMARTS) is 1. The van der Waals surface area contributed by atoms with Crippen LogP contribution in [-0.4, -0.2) is 50.6 Å². The van der Waals surface area contributed by atoms with Crippen molar-refractivity contribution < 1.29 is 19.6 Å². The zero-order valence-electron chi connectivity index (χ0n) is 15.3. The Labute approximate surface area is 171 Å². The van der Waals surface area contributed by atoms with E-state index in [4.69, 9.17) is 21.3 Å². The Hall–Kier alpha value is -2.98. The van der Waals surface area contributed by atoms with Crippen LogP contribution in [-0.2, 0) is 20.9 Å². The Kier molecular flexibility index (Phi) is 5.72. The summed E-state index contributed by atoms with van der Waals surface area (Å²) in [6, 6.07) is 13.7. The normalized spacial score (nSPS) is 16.0. The molecule has 1 N–H and O–H groups in total. The number of hydroxylamine groups is 3. The molecular weight excluding hydrogens is 398 g/mol. The average molecular weight is 416 g/mol. The van der Waals surface area contributed by atoms with Gasteiger partial charge in [-0.15, -0.1) is 10.2 Å². The third-order valence-corrected chi connectivity index (χ3v) is 4.70. The zero-order chi connectivity index (χ0) is 20.2. The minimum absolute atomic E-state index is 0.0133. The number of nitrogens with zero attached hydrogens (tertiary/aromatic N) is 5. The number of anilines is 1. The number of rotatable bonds is 6. The van der Waals surface area contributed by atoms with Gasteiger partial charge in [-0.1, -0.05) is 47.1 Å². The second-order valence-corrected chi connectivity index (χ2v) is 6.77. The summed E-state index contributed by atoms with van der Waals surface area (Å²) >= 11 is 6.15. The topological polar surface area (TPSA) is 93.0 Å². The molecule has 2 heterocycles. The number of hydrogen-bond donors (Lipinski definition) is 1. The fourth-order valence-electron chi connectivity index (χ4n) is 3.02. The van der Waals surface area contributed by atoms with Crippen molar-refractivity contribution in [2.45, 2.75) is 12.5 Å². The van der Waals surface area contributed by atoms with E-state index in [0.29, 0.717) is 22.8 Å². The smallest absolute Gasteiger partial charge is 0.323 e. The summed E-state index contributed by atoms with van der Waals surface area (Å²) in [7, 11) is 0. The number of aliphatic carboxylic acids is 1. The van der Waals surface area contributed by atoms with Gasteiger partial charge in [-0.2, -0.15) is 0 Å². The van der Waals surface area contributed by atoms with E-state index in [0.717, 1.165) is 5.56 Å². The molecule has 1 aliphatic heterocycles. The van der Waals surface area contributed by atoms with Gasteiger partial charge < -0.3 is 5.11 Å². The lowest BCUT2D eigenvalue weighted by molar-refractivity contribution is -0.282. The lowest BCUT2D eigenvalue weighted by atomic mass is 10.1. The Balaban J connectivity index is 1.49. The Morgan fingerprint density at radius 1 is 1.14 bits per heavy atom. The van der Waals surface area contributed by atoms with E-state index < -0.39 is 12.0 Å². The molecule has 0 radical (unpaired) electrons. The molecule has 1 unspecified atom stereocenters. The molecule has 0 aliphatic carbocycles. The highest BCUT2D eigenvalue weighted by molar-refractivity contribution is 6.31. The summed E-state index contributed by atoms with van der Waals surface area (Å²) in [5, 5.41) is 20.8. The first-order valence-electron chi connectivity index (χ1n) is 8.85. The molecule has 29 heavy (non-hydrogen) atoms. The maximum absolute atomic E-state index is 11.8. The van der Waals surface area contributed by atoms with Crippen molar-refractivity contribution in [2.75, 3.05) is 18.5 Å². The van der Waals surface area contributed by atoms with Crippen molar-refractivity contribution in [1.29, 1.82) is 0 Å². The summed E-state index contributed by atoms with van der Waals surface area (Å²) in [6.07, 6.45) is 3.56. The van der Waals surface area contributed by atoms with Crippen LogP contribution < -0.4 is 5.06 Å². The number of benzene rings is 2. The van der Waals surface area contributed by atoms with E-state index in [9.17, 15) is 9.90 Å². The minimum Gasteiger partial charge on any atom is -0.480 e. The molecule has 0 amide bonds. The molecule has 1 aliphatic rings. The van der Waals surface area contributed by atoms with E-state index in [1.165, 1.54) is 10.1 Å². The summed E-state index contributed by atoms with van der Waals surface area (Å²) in [6.45, 7) is -0.0757. The van der Waals surface area contributed by atoms with E-state index >= 15 is 0 Å². The minimum atomic E-state index is -0.989. The fourth-order valence-corrected chi connectivity index (χ4v) is 3.19. The SMILES string of the molecule is O=C(O)C(Cc1ccccc1)N1CON(c2cc(Cl)ccc2-n2ccnn2)CO1. The first-order valence-corrected chi connectivity index (χ1v) is 9.22. The van der Waals surface area contributed by atoms with Crippen molar-refractivity contribution in [3.05, 3.63) is 71.5 Å². The molecule has 2 aromatic carbocycles. The van der Waals surface area contributed by atoms with Gasteiger partial charge in [-0.05, 0) is 23.8 Å². The monoisotopic (exact) mass is 415 g/mol. The lowest BCUT2D eigenvalue weighted by Crippen LogP contribution is -2.51. The van der Waals surface area contributed by atoms with Gasteiger partial charge in [-0.25, -0.2) is 9.75 Å². The van der Waals surface area contributed by atoms with Gasteiger partial charge in [0.2, 0.25) is 0 Å². The van der Waals surface area contributed by atoms with Crippen LogP contribution in [0.5, 0.6) is 0 Å². The first-order chi connectivity index (χ1) is 14.1. The van der Waals surface area contributed by atoms with Crippen LogP contribution in [0.3, 0.4) is 0 Å². The molecule has 1 aromatic heterocycles. The van der Waals surface area contributed by atoms with Crippen molar-refractivity contribution in [3.63, 3.8) is 0 Å². The predicted octanol–water partition coefficient (Wildman–Crippen LogP) is 2.52. The molecule has 150 valence electrons. The molecule has 10 heteroatoms. The zero-order valence-corrected chi connectivity index (χ0v) is 16.0. The van der Waals surface area contributed by atoms with Gasteiger partial charge in [-0.3, -0.25) is 14.5 Å². The second kappa shape index (κ2) is 8.58. The van der Waals surface area contributed by atoms with E-state index in [2.05, 4.69) is 10.3 Å². The van der Waals surface area contributed by atoms with Crippen molar-refractivity contribution in [1.82, 2.24) is 20.1 Å². The van der Waals surface area contributed by atoms with Gasteiger partial charge in [0.15, 0.2) is 13.5 Å². The Morgan fingerprint density at radius 2 is 1.97 bits per heavy atom. The van der Waals surface area contributed by atoms with Gasteiger partial charge in [0.1, 0.15) is 6.04 Å². The second-order valence-electron chi connectivity index (χ2n) is 6.34. The summed E-state index contributed by atoms with van der Waals surface area (Å²) < 4.78 is 1.58. The number of aromatic nitrogens is 3.